The number of nitrogens with zero attached hydrogens (tertiary/aromatic N) is 2. The predicted octanol–water partition coefficient (Wildman–Crippen LogP) is 1.54. The van der Waals surface area contributed by atoms with Gasteiger partial charge >= 0.3 is 5.69 Å². The van der Waals surface area contributed by atoms with Crippen LogP contribution in [0.3, 0.4) is 0 Å². The molecule has 3 aromatic rings. The van der Waals surface area contributed by atoms with E-state index in [1.54, 1.807) is 27.1 Å². The first kappa shape index (κ1) is 18.2. The highest BCUT2D eigenvalue weighted by atomic mass is 32.2. The lowest BCUT2D eigenvalue weighted by Crippen LogP contribution is -2.28. The fourth-order valence-electron chi connectivity index (χ4n) is 2.86. The number of para-hydroxylation sites is 1. The quantitative estimate of drug-likeness (QED) is 0.663. The Kier molecular flexibility index (Phi) is 4.88. The van der Waals surface area contributed by atoms with Gasteiger partial charge in [0.15, 0.2) is 0 Å². The van der Waals surface area contributed by atoms with E-state index in [0.29, 0.717) is 22.3 Å². The Bertz CT molecular complexity index is 1100. The van der Waals surface area contributed by atoms with Crippen LogP contribution in [0.25, 0.3) is 11.0 Å². The topological polar surface area (TPSA) is 82.3 Å². The van der Waals surface area contributed by atoms with E-state index in [0.717, 1.165) is 0 Å². The van der Waals surface area contributed by atoms with Gasteiger partial charge in [-0.3, -0.25) is 9.13 Å². The summed E-state index contributed by atoms with van der Waals surface area (Å²) in [6, 6.07) is 12.4. The Hall–Kier alpha value is -2.58. The molecular weight excluding hydrogens is 354 g/mol. The molecule has 0 spiro atoms. The molecule has 0 fully saturated rings. The fraction of sp³-hybridized carbons (Fsp3) is 0.278. The van der Waals surface area contributed by atoms with Crippen molar-refractivity contribution in [3.05, 3.63) is 58.5 Å². The van der Waals surface area contributed by atoms with Crippen molar-refractivity contribution in [2.24, 2.45) is 14.1 Å². The summed E-state index contributed by atoms with van der Waals surface area (Å²) < 4.78 is 36.3. The van der Waals surface area contributed by atoms with Gasteiger partial charge in [-0.05, 0) is 36.8 Å². The first-order valence-corrected chi connectivity index (χ1v) is 9.63. The first-order chi connectivity index (χ1) is 12.3. The minimum Gasteiger partial charge on any atom is -0.492 e. The summed E-state index contributed by atoms with van der Waals surface area (Å²) in [6.45, 7) is 2.07. The number of rotatable bonds is 6. The van der Waals surface area contributed by atoms with Gasteiger partial charge in [-0.2, -0.15) is 0 Å². The average Bonchev–Trinajstić information content (AvgIpc) is 2.83. The van der Waals surface area contributed by atoms with E-state index >= 15 is 0 Å². The van der Waals surface area contributed by atoms with Crippen molar-refractivity contribution in [2.45, 2.75) is 11.8 Å². The predicted molar refractivity (Wildman–Crippen MR) is 100 cm³/mol. The second-order valence-electron chi connectivity index (χ2n) is 6.07. The molecule has 0 aliphatic carbocycles. The minimum atomic E-state index is -3.71. The summed E-state index contributed by atoms with van der Waals surface area (Å²) in [4.78, 5) is 12.2. The highest BCUT2D eigenvalue weighted by molar-refractivity contribution is 7.89. The number of sulfonamides is 1. The molecule has 0 unspecified atom stereocenters. The van der Waals surface area contributed by atoms with E-state index < -0.39 is 10.0 Å². The second-order valence-corrected chi connectivity index (χ2v) is 7.80. The molecule has 1 heterocycles. The normalized spacial score (nSPS) is 11.8. The molecule has 0 amide bonds. The van der Waals surface area contributed by atoms with Crippen LogP contribution in [0, 0.1) is 6.92 Å². The third kappa shape index (κ3) is 3.38. The van der Waals surface area contributed by atoms with E-state index in [9.17, 15) is 13.2 Å². The summed E-state index contributed by atoms with van der Waals surface area (Å²) in [5.74, 6) is 0.684. The van der Waals surface area contributed by atoms with Crippen LogP contribution >= 0.6 is 0 Å². The summed E-state index contributed by atoms with van der Waals surface area (Å²) in [5.41, 5.74) is 1.65. The number of ether oxygens (including phenoxy) is 1. The molecule has 7 nitrogen and oxygen atoms in total. The van der Waals surface area contributed by atoms with Crippen molar-refractivity contribution in [3.63, 3.8) is 0 Å². The van der Waals surface area contributed by atoms with Crippen LogP contribution in [-0.2, 0) is 24.1 Å². The van der Waals surface area contributed by atoms with Crippen molar-refractivity contribution in [2.75, 3.05) is 13.2 Å². The van der Waals surface area contributed by atoms with Gasteiger partial charge in [0.25, 0.3) is 0 Å². The highest BCUT2D eigenvalue weighted by Crippen LogP contribution is 2.22. The lowest BCUT2D eigenvalue weighted by molar-refractivity contribution is 0.323. The number of nitrogens with one attached hydrogen (secondary N) is 1. The third-order valence-corrected chi connectivity index (χ3v) is 5.87. The SMILES string of the molecule is Cc1cc2c(cc1S(=O)(=O)NCCOc1ccccc1)n(C)c(=O)n2C. The van der Waals surface area contributed by atoms with Crippen molar-refractivity contribution >= 4 is 21.1 Å². The zero-order valence-electron chi connectivity index (χ0n) is 14.9. The number of aromatic nitrogens is 2. The van der Waals surface area contributed by atoms with E-state index in [1.165, 1.54) is 15.2 Å². The maximum Gasteiger partial charge on any atom is 0.328 e. The number of hydrogen-bond donors (Lipinski definition) is 1. The Balaban J connectivity index is 1.79. The number of aryl methyl sites for hydroxylation is 3. The van der Waals surface area contributed by atoms with Crippen molar-refractivity contribution < 1.29 is 13.2 Å². The van der Waals surface area contributed by atoms with Gasteiger partial charge in [0.05, 0.1) is 15.9 Å². The molecule has 0 aliphatic rings. The maximum atomic E-state index is 12.7. The van der Waals surface area contributed by atoms with Crippen LogP contribution in [0.15, 0.2) is 52.2 Å². The molecule has 138 valence electrons. The van der Waals surface area contributed by atoms with Gasteiger partial charge in [0.2, 0.25) is 10.0 Å². The van der Waals surface area contributed by atoms with E-state index in [2.05, 4.69) is 4.72 Å². The molecule has 0 bridgehead atoms. The molecule has 0 saturated carbocycles. The van der Waals surface area contributed by atoms with E-state index in [4.69, 9.17) is 4.74 Å². The van der Waals surface area contributed by atoms with Gasteiger partial charge in [0, 0.05) is 20.6 Å². The van der Waals surface area contributed by atoms with Gasteiger partial charge in [-0.1, -0.05) is 18.2 Å². The fourth-order valence-corrected chi connectivity index (χ4v) is 4.12. The Labute approximate surface area is 151 Å². The molecular formula is C18H21N3O4S. The molecule has 0 saturated heterocycles. The van der Waals surface area contributed by atoms with Crippen molar-refractivity contribution in [3.8, 4) is 5.75 Å². The monoisotopic (exact) mass is 375 g/mol. The van der Waals surface area contributed by atoms with Crippen LogP contribution in [-0.4, -0.2) is 30.7 Å². The Morgan fingerprint density at radius 2 is 1.65 bits per heavy atom. The third-order valence-electron chi connectivity index (χ3n) is 4.26. The van der Waals surface area contributed by atoms with Gasteiger partial charge in [-0.25, -0.2) is 17.9 Å². The largest absolute Gasteiger partial charge is 0.492 e. The number of benzene rings is 2. The van der Waals surface area contributed by atoms with E-state index in [-0.39, 0.29) is 23.7 Å². The average molecular weight is 375 g/mol. The molecule has 8 heteroatoms. The van der Waals surface area contributed by atoms with Crippen molar-refractivity contribution in [1.82, 2.24) is 13.9 Å². The van der Waals surface area contributed by atoms with Crippen LogP contribution in [0.4, 0.5) is 0 Å². The molecule has 3 rings (SSSR count). The summed E-state index contributed by atoms with van der Waals surface area (Å²) >= 11 is 0. The van der Waals surface area contributed by atoms with Crippen molar-refractivity contribution in [1.29, 1.82) is 0 Å². The smallest absolute Gasteiger partial charge is 0.328 e. The zero-order chi connectivity index (χ0) is 18.9. The zero-order valence-corrected chi connectivity index (χ0v) is 15.7. The molecule has 0 atom stereocenters. The number of imidazole rings is 1. The first-order valence-electron chi connectivity index (χ1n) is 8.15. The summed E-state index contributed by atoms with van der Waals surface area (Å²) in [5, 5.41) is 0. The highest BCUT2D eigenvalue weighted by Gasteiger charge is 2.20. The molecule has 2 aromatic carbocycles. The van der Waals surface area contributed by atoms with Crippen LogP contribution < -0.4 is 15.1 Å². The Morgan fingerprint density at radius 3 is 2.31 bits per heavy atom. The molecule has 1 N–H and O–H groups in total. The lowest BCUT2D eigenvalue weighted by Gasteiger charge is -2.11. The van der Waals surface area contributed by atoms with Crippen LogP contribution in [0.1, 0.15) is 5.56 Å². The van der Waals surface area contributed by atoms with Crippen LogP contribution in [0.5, 0.6) is 5.75 Å². The summed E-state index contributed by atoms with van der Waals surface area (Å²) in [7, 11) is -0.425. The van der Waals surface area contributed by atoms with Gasteiger partial charge in [0.1, 0.15) is 12.4 Å². The molecule has 26 heavy (non-hydrogen) atoms. The number of hydrogen-bond acceptors (Lipinski definition) is 4. The van der Waals surface area contributed by atoms with Gasteiger partial charge < -0.3 is 4.74 Å². The standard InChI is InChI=1S/C18H21N3O4S/c1-13-11-15-16(21(3)18(22)20(15)2)12-17(13)26(23,24)19-9-10-25-14-7-5-4-6-8-14/h4-8,11-12,19H,9-10H2,1-3H3. The number of fused-ring (bicyclic) bond motifs is 1. The summed E-state index contributed by atoms with van der Waals surface area (Å²) in [6.07, 6.45) is 0. The second kappa shape index (κ2) is 6.97. The van der Waals surface area contributed by atoms with Gasteiger partial charge in [-0.15, -0.1) is 0 Å². The van der Waals surface area contributed by atoms with E-state index in [1.807, 2.05) is 30.3 Å². The Morgan fingerprint density at radius 1 is 1.04 bits per heavy atom. The minimum absolute atomic E-state index is 0.141. The maximum absolute atomic E-state index is 12.7. The molecule has 1 aromatic heterocycles. The van der Waals surface area contributed by atoms with Crippen LogP contribution in [0.2, 0.25) is 0 Å². The molecule has 0 aliphatic heterocycles. The lowest BCUT2D eigenvalue weighted by atomic mass is 10.2. The molecule has 0 radical (unpaired) electrons.